The molecule has 2 aromatic heterocycles. The van der Waals surface area contributed by atoms with E-state index in [4.69, 9.17) is 16.0 Å². The van der Waals surface area contributed by atoms with Crippen LogP contribution in [0, 0.1) is 0 Å². The molecular formula is C19H20ClN5O2. The van der Waals surface area contributed by atoms with Gasteiger partial charge in [0.15, 0.2) is 0 Å². The molecule has 0 bridgehead atoms. The number of nitrogens with zero attached hydrogens (tertiary/aromatic N) is 5. The normalized spacial score (nSPS) is 16.8. The third-order valence-corrected chi connectivity index (χ3v) is 5.05. The Labute approximate surface area is 161 Å². The van der Waals surface area contributed by atoms with E-state index in [1.807, 2.05) is 36.5 Å². The Morgan fingerprint density at radius 2 is 2.11 bits per heavy atom. The molecule has 1 amide bonds. The Kier molecular flexibility index (Phi) is 4.94. The standard InChI is InChI=1S/C19H20ClN5O2/c1-24-12-14(11-21-24)16-3-2-10-25(16)18(26)9-8-17-22-23-19(27-17)13-4-6-15(20)7-5-13/h4-7,11-12,16H,2-3,8-10H2,1H3. The molecule has 0 radical (unpaired) electrons. The van der Waals surface area contributed by atoms with Crippen LogP contribution in [0.1, 0.15) is 36.8 Å². The first-order chi connectivity index (χ1) is 13.1. The molecule has 0 N–H and O–H groups in total. The van der Waals surface area contributed by atoms with Gasteiger partial charge < -0.3 is 9.32 Å². The Hall–Kier alpha value is -2.67. The molecule has 1 fully saturated rings. The Morgan fingerprint density at radius 1 is 1.30 bits per heavy atom. The van der Waals surface area contributed by atoms with Gasteiger partial charge in [-0.3, -0.25) is 9.48 Å². The van der Waals surface area contributed by atoms with E-state index in [1.165, 1.54) is 0 Å². The smallest absolute Gasteiger partial charge is 0.247 e. The van der Waals surface area contributed by atoms with Gasteiger partial charge in [-0.1, -0.05) is 11.6 Å². The van der Waals surface area contributed by atoms with Gasteiger partial charge in [0, 0.05) is 48.8 Å². The molecule has 0 spiro atoms. The van der Waals surface area contributed by atoms with E-state index in [2.05, 4.69) is 15.3 Å². The minimum absolute atomic E-state index is 0.104. The molecule has 7 nitrogen and oxygen atoms in total. The van der Waals surface area contributed by atoms with Crippen LogP contribution in [0.15, 0.2) is 41.1 Å². The number of amides is 1. The van der Waals surface area contributed by atoms with Gasteiger partial charge in [-0.05, 0) is 37.1 Å². The number of hydrogen-bond donors (Lipinski definition) is 0. The van der Waals surface area contributed by atoms with Gasteiger partial charge in [-0.2, -0.15) is 5.10 Å². The number of hydrogen-bond acceptors (Lipinski definition) is 5. The van der Waals surface area contributed by atoms with Crippen LogP contribution in [-0.2, 0) is 18.3 Å². The van der Waals surface area contributed by atoms with Crippen molar-refractivity contribution in [3.05, 3.63) is 53.1 Å². The van der Waals surface area contributed by atoms with Crippen molar-refractivity contribution in [2.75, 3.05) is 6.54 Å². The fourth-order valence-corrected chi connectivity index (χ4v) is 3.57. The average Bonchev–Trinajstić information content (AvgIpc) is 3.40. The molecule has 1 aliphatic heterocycles. The van der Waals surface area contributed by atoms with Crippen molar-refractivity contribution in [2.45, 2.75) is 31.7 Å². The summed E-state index contributed by atoms with van der Waals surface area (Å²) < 4.78 is 7.46. The molecule has 1 atom stereocenters. The van der Waals surface area contributed by atoms with Crippen LogP contribution in [0.4, 0.5) is 0 Å². The van der Waals surface area contributed by atoms with E-state index in [-0.39, 0.29) is 11.9 Å². The van der Waals surface area contributed by atoms with Crippen molar-refractivity contribution < 1.29 is 9.21 Å². The number of carbonyl (C=O) groups excluding carboxylic acids is 1. The lowest BCUT2D eigenvalue weighted by Crippen LogP contribution is -2.30. The number of halogens is 1. The summed E-state index contributed by atoms with van der Waals surface area (Å²) in [5, 5.41) is 13.0. The molecule has 3 aromatic rings. The van der Waals surface area contributed by atoms with E-state index < -0.39 is 0 Å². The summed E-state index contributed by atoms with van der Waals surface area (Å²) in [6.45, 7) is 0.776. The van der Waals surface area contributed by atoms with Crippen molar-refractivity contribution in [2.24, 2.45) is 7.05 Å². The summed E-state index contributed by atoms with van der Waals surface area (Å²) in [6, 6.07) is 7.31. The summed E-state index contributed by atoms with van der Waals surface area (Å²) in [4.78, 5) is 14.7. The van der Waals surface area contributed by atoms with E-state index in [0.717, 1.165) is 30.5 Å². The van der Waals surface area contributed by atoms with Crippen LogP contribution in [0.5, 0.6) is 0 Å². The fourth-order valence-electron chi connectivity index (χ4n) is 3.45. The zero-order valence-corrected chi connectivity index (χ0v) is 15.8. The number of aromatic nitrogens is 4. The van der Waals surface area contributed by atoms with Crippen LogP contribution < -0.4 is 0 Å². The van der Waals surface area contributed by atoms with Crippen LogP contribution >= 0.6 is 11.6 Å². The zero-order chi connectivity index (χ0) is 18.8. The highest BCUT2D eigenvalue weighted by molar-refractivity contribution is 6.30. The first-order valence-corrected chi connectivity index (χ1v) is 9.34. The average molecular weight is 386 g/mol. The van der Waals surface area contributed by atoms with Gasteiger partial charge in [0.1, 0.15) is 0 Å². The van der Waals surface area contributed by atoms with Gasteiger partial charge in [-0.15, -0.1) is 10.2 Å². The molecule has 0 saturated carbocycles. The second kappa shape index (κ2) is 7.52. The maximum Gasteiger partial charge on any atom is 0.247 e. The summed E-state index contributed by atoms with van der Waals surface area (Å²) in [5.74, 6) is 1.00. The largest absolute Gasteiger partial charge is 0.421 e. The molecular weight excluding hydrogens is 366 g/mol. The molecule has 1 unspecified atom stereocenters. The monoisotopic (exact) mass is 385 g/mol. The molecule has 8 heteroatoms. The lowest BCUT2D eigenvalue weighted by Gasteiger charge is -2.23. The summed E-state index contributed by atoms with van der Waals surface area (Å²) in [7, 11) is 1.89. The molecule has 1 saturated heterocycles. The minimum atomic E-state index is 0.104. The summed E-state index contributed by atoms with van der Waals surface area (Å²) in [5.41, 5.74) is 1.90. The van der Waals surface area contributed by atoms with Gasteiger partial charge in [-0.25, -0.2) is 0 Å². The SMILES string of the molecule is Cn1cc(C2CCCN2C(=O)CCc2nnc(-c3ccc(Cl)cc3)o2)cn1. The minimum Gasteiger partial charge on any atom is -0.421 e. The van der Waals surface area contributed by atoms with Gasteiger partial charge in [0.2, 0.25) is 17.7 Å². The lowest BCUT2D eigenvalue weighted by atomic mass is 10.1. The Morgan fingerprint density at radius 3 is 2.85 bits per heavy atom. The highest BCUT2D eigenvalue weighted by atomic mass is 35.5. The summed E-state index contributed by atoms with van der Waals surface area (Å²) >= 11 is 5.89. The Bertz CT molecular complexity index is 934. The predicted octanol–water partition coefficient (Wildman–Crippen LogP) is 3.42. The van der Waals surface area contributed by atoms with Crippen LogP contribution in [0.25, 0.3) is 11.5 Å². The highest BCUT2D eigenvalue weighted by Crippen LogP contribution is 2.32. The van der Waals surface area contributed by atoms with Crippen molar-refractivity contribution in [3.8, 4) is 11.5 Å². The van der Waals surface area contributed by atoms with Gasteiger partial charge in [0.25, 0.3) is 0 Å². The maximum absolute atomic E-state index is 12.7. The van der Waals surface area contributed by atoms with E-state index in [0.29, 0.717) is 29.6 Å². The summed E-state index contributed by atoms with van der Waals surface area (Å²) in [6.07, 6.45) is 6.57. The number of likely N-dealkylation sites (tertiary alicyclic amines) is 1. The topological polar surface area (TPSA) is 77.0 Å². The van der Waals surface area contributed by atoms with E-state index in [9.17, 15) is 4.79 Å². The van der Waals surface area contributed by atoms with Crippen LogP contribution in [-0.4, -0.2) is 37.3 Å². The molecule has 140 valence electrons. The predicted molar refractivity (Wildman–Crippen MR) is 100.0 cm³/mol. The molecule has 3 heterocycles. The second-order valence-corrected chi connectivity index (χ2v) is 7.14. The number of aryl methyl sites for hydroxylation is 2. The Balaban J connectivity index is 1.38. The van der Waals surface area contributed by atoms with Gasteiger partial charge in [0.05, 0.1) is 12.2 Å². The van der Waals surface area contributed by atoms with Crippen LogP contribution in [0.2, 0.25) is 5.02 Å². The van der Waals surface area contributed by atoms with Crippen LogP contribution in [0.3, 0.4) is 0 Å². The van der Waals surface area contributed by atoms with Crippen molar-refractivity contribution in [3.63, 3.8) is 0 Å². The van der Waals surface area contributed by atoms with Gasteiger partial charge >= 0.3 is 0 Å². The first kappa shape index (κ1) is 17.7. The molecule has 27 heavy (non-hydrogen) atoms. The third kappa shape index (κ3) is 3.88. The van der Waals surface area contributed by atoms with Crippen molar-refractivity contribution in [1.29, 1.82) is 0 Å². The molecule has 1 aromatic carbocycles. The highest BCUT2D eigenvalue weighted by Gasteiger charge is 2.30. The molecule has 4 rings (SSSR count). The first-order valence-electron chi connectivity index (χ1n) is 8.96. The lowest BCUT2D eigenvalue weighted by molar-refractivity contribution is -0.132. The second-order valence-electron chi connectivity index (χ2n) is 6.70. The maximum atomic E-state index is 12.7. The third-order valence-electron chi connectivity index (χ3n) is 4.79. The fraction of sp³-hybridized carbons (Fsp3) is 0.368. The van der Waals surface area contributed by atoms with E-state index in [1.54, 1.807) is 16.8 Å². The number of benzene rings is 1. The number of carbonyl (C=O) groups is 1. The number of rotatable bonds is 5. The molecule has 0 aliphatic carbocycles. The van der Waals surface area contributed by atoms with E-state index >= 15 is 0 Å². The quantitative estimate of drug-likeness (QED) is 0.672. The molecule has 1 aliphatic rings. The van der Waals surface area contributed by atoms with Crippen molar-refractivity contribution in [1.82, 2.24) is 24.9 Å². The van der Waals surface area contributed by atoms with Crippen molar-refractivity contribution >= 4 is 17.5 Å². The zero-order valence-electron chi connectivity index (χ0n) is 15.0.